The van der Waals surface area contributed by atoms with Crippen molar-refractivity contribution < 1.29 is 9.50 Å². The summed E-state index contributed by atoms with van der Waals surface area (Å²) in [5, 5.41) is 12.5. The summed E-state index contributed by atoms with van der Waals surface area (Å²) in [4.78, 5) is 2.15. The van der Waals surface area contributed by atoms with E-state index >= 15 is 0 Å². The maximum absolute atomic E-state index is 13.3. The van der Waals surface area contributed by atoms with Gasteiger partial charge in [-0.05, 0) is 37.4 Å². The number of aromatic hydroxyl groups is 1. The third-order valence-corrected chi connectivity index (χ3v) is 3.49. The molecule has 2 aromatic rings. The van der Waals surface area contributed by atoms with Gasteiger partial charge in [0.2, 0.25) is 0 Å². The predicted molar refractivity (Wildman–Crippen MR) is 82.6 cm³/mol. The summed E-state index contributed by atoms with van der Waals surface area (Å²) in [6, 6.07) is 15.0. The number of hydrogen-bond donors (Lipinski definition) is 2. The van der Waals surface area contributed by atoms with Crippen molar-refractivity contribution in [2.75, 3.05) is 20.6 Å². The maximum atomic E-state index is 13.3. The van der Waals surface area contributed by atoms with E-state index in [4.69, 9.17) is 0 Å². The Morgan fingerprint density at radius 2 is 1.86 bits per heavy atom. The van der Waals surface area contributed by atoms with Crippen molar-refractivity contribution in [1.82, 2.24) is 10.2 Å². The van der Waals surface area contributed by atoms with Crippen LogP contribution in [-0.4, -0.2) is 30.6 Å². The fourth-order valence-corrected chi connectivity index (χ4v) is 2.29. The Hall–Kier alpha value is -1.91. The van der Waals surface area contributed by atoms with E-state index in [1.54, 1.807) is 6.07 Å². The summed E-state index contributed by atoms with van der Waals surface area (Å²) in [6.07, 6.45) is 0. The molecule has 0 aliphatic carbocycles. The van der Waals surface area contributed by atoms with E-state index in [1.165, 1.54) is 17.7 Å². The molecule has 112 valence electrons. The van der Waals surface area contributed by atoms with Crippen molar-refractivity contribution in [3.63, 3.8) is 0 Å². The Morgan fingerprint density at radius 1 is 1.14 bits per heavy atom. The molecule has 0 saturated carbocycles. The summed E-state index contributed by atoms with van der Waals surface area (Å²) < 4.78 is 13.3. The molecule has 0 aliphatic heterocycles. The largest absolute Gasteiger partial charge is 0.505 e. The third kappa shape index (κ3) is 4.28. The van der Waals surface area contributed by atoms with Gasteiger partial charge in [0.05, 0.1) is 0 Å². The Kier molecular flexibility index (Phi) is 5.31. The second kappa shape index (κ2) is 7.20. The lowest BCUT2D eigenvalue weighted by atomic mass is 10.1. The van der Waals surface area contributed by atoms with Crippen molar-refractivity contribution in [3.05, 3.63) is 65.5 Å². The number of nitrogens with zero attached hydrogens (tertiary/aromatic N) is 1. The molecular weight excluding hydrogens is 267 g/mol. The number of rotatable bonds is 6. The van der Waals surface area contributed by atoms with Crippen LogP contribution in [0, 0.1) is 5.82 Å². The molecule has 0 saturated heterocycles. The van der Waals surface area contributed by atoms with Gasteiger partial charge in [0.15, 0.2) is 11.6 Å². The van der Waals surface area contributed by atoms with E-state index in [9.17, 15) is 9.50 Å². The normalized spacial score (nSPS) is 12.6. The molecule has 2 N–H and O–H groups in total. The minimum Gasteiger partial charge on any atom is -0.505 e. The molecule has 0 radical (unpaired) electrons. The first-order valence-corrected chi connectivity index (χ1v) is 6.97. The van der Waals surface area contributed by atoms with Gasteiger partial charge in [0, 0.05) is 19.1 Å². The van der Waals surface area contributed by atoms with E-state index in [2.05, 4.69) is 22.3 Å². The molecule has 3 nitrogen and oxygen atoms in total. The van der Waals surface area contributed by atoms with Gasteiger partial charge in [-0.25, -0.2) is 4.39 Å². The number of phenols is 1. The number of hydrogen-bond acceptors (Lipinski definition) is 3. The van der Waals surface area contributed by atoms with Crippen LogP contribution in [0.3, 0.4) is 0 Å². The number of likely N-dealkylation sites (N-methyl/N-ethyl adjacent to an activating group) is 1. The number of halogens is 1. The van der Waals surface area contributed by atoms with Crippen molar-refractivity contribution in [3.8, 4) is 5.75 Å². The van der Waals surface area contributed by atoms with Crippen LogP contribution in [0.5, 0.6) is 5.75 Å². The average molecular weight is 288 g/mol. The zero-order valence-electron chi connectivity index (χ0n) is 12.4. The molecule has 0 bridgehead atoms. The van der Waals surface area contributed by atoms with E-state index < -0.39 is 5.82 Å². The van der Waals surface area contributed by atoms with Crippen molar-refractivity contribution in [2.24, 2.45) is 0 Å². The highest BCUT2D eigenvalue weighted by Gasteiger charge is 2.13. The zero-order chi connectivity index (χ0) is 15.2. The summed E-state index contributed by atoms with van der Waals surface area (Å²) in [6.45, 7) is 1.33. The highest BCUT2D eigenvalue weighted by molar-refractivity contribution is 5.28. The fourth-order valence-electron chi connectivity index (χ4n) is 2.29. The quantitative estimate of drug-likeness (QED) is 0.858. The second-order valence-corrected chi connectivity index (χ2v) is 5.31. The Bertz CT molecular complexity index is 572. The van der Waals surface area contributed by atoms with Crippen LogP contribution >= 0.6 is 0 Å². The highest BCUT2D eigenvalue weighted by Crippen LogP contribution is 2.18. The number of phenolic OH excluding ortho intramolecular Hbond substituents is 1. The second-order valence-electron chi connectivity index (χ2n) is 5.31. The lowest BCUT2D eigenvalue weighted by Gasteiger charge is -2.25. The molecule has 0 aromatic heterocycles. The summed E-state index contributed by atoms with van der Waals surface area (Å²) in [7, 11) is 4.08. The van der Waals surface area contributed by atoms with Gasteiger partial charge in [-0.3, -0.25) is 0 Å². The summed E-state index contributed by atoms with van der Waals surface area (Å²) in [5.74, 6) is -0.893. The van der Waals surface area contributed by atoms with E-state index in [1.807, 2.05) is 32.3 Å². The van der Waals surface area contributed by atoms with Crippen LogP contribution in [0.15, 0.2) is 48.5 Å². The average Bonchev–Trinajstić information content (AvgIpc) is 2.48. The SMILES string of the molecule is CN(C)C(CNCc1ccc(O)c(F)c1)c1ccccc1. The topological polar surface area (TPSA) is 35.5 Å². The van der Waals surface area contributed by atoms with Crippen LogP contribution < -0.4 is 5.32 Å². The van der Waals surface area contributed by atoms with Gasteiger partial charge in [-0.15, -0.1) is 0 Å². The van der Waals surface area contributed by atoms with Crippen molar-refractivity contribution >= 4 is 0 Å². The smallest absolute Gasteiger partial charge is 0.165 e. The van der Waals surface area contributed by atoms with Crippen molar-refractivity contribution in [1.29, 1.82) is 0 Å². The molecule has 0 aliphatic rings. The maximum Gasteiger partial charge on any atom is 0.165 e. The Morgan fingerprint density at radius 3 is 2.48 bits per heavy atom. The predicted octanol–water partition coefficient (Wildman–Crippen LogP) is 2.92. The third-order valence-electron chi connectivity index (χ3n) is 3.49. The van der Waals surface area contributed by atoms with Gasteiger partial charge in [-0.2, -0.15) is 0 Å². The van der Waals surface area contributed by atoms with Crippen LogP contribution in [0.25, 0.3) is 0 Å². The Balaban J connectivity index is 1.95. The first-order chi connectivity index (χ1) is 10.1. The minimum atomic E-state index is -0.582. The van der Waals surface area contributed by atoms with Crippen LogP contribution in [0.1, 0.15) is 17.2 Å². The van der Waals surface area contributed by atoms with Crippen molar-refractivity contribution in [2.45, 2.75) is 12.6 Å². The zero-order valence-corrected chi connectivity index (χ0v) is 12.4. The van der Waals surface area contributed by atoms with Crippen LogP contribution in [0.2, 0.25) is 0 Å². The molecule has 21 heavy (non-hydrogen) atoms. The lowest BCUT2D eigenvalue weighted by molar-refractivity contribution is 0.288. The first kappa shape index (κ1) is 15.5. The molecule has 1 atom stereocenters. The molecule has 0 fully saturated rings. The molecule has 0 heterocycles. The highest BCUT2D eigenvalue weighted by atomic mass is 19.1. The molecule has 2 rings (SSSR count). The van der Waals surface area contributed by atoms with E-state index in [0.29, 0.717) is 6.54 Å². The van der Waals surface area contributed by atoms with Gasteiger partial charge in [-0.1, -0.05) is 36.4 Å². The van der Waals surface area contributed by atoms with E-state index in [-0.39, 0.29) is 11.8 Å². The molecule has 1 unspecified atom stereocenters. The molecular formula is C17H21FN2O. The summed E-state index contributed by atoms with van der Waals surface area (Å²) >= 11 is 0. The number of benzene rings is 2. The van der Waals surface area contributed by atoms with Crippen LogP contribution in [0.4, 0.5) is 4.39 Å². The molecule has 0 spiro atoms. The first-order valence-electron chi connectivity index (χ1n) is 6.97. The van der Waals surface area contributed by atoms with Crippen LogP contribution in [-0.2, 0) is 6.54 Å². The lowest BCUT2D eigenvalue weighted by Crippen LogP contribution is -2.30. The molecule has 0 amide bonds. The minimum absolute atomic E-state index is 0.258. The van der Waals surface area contributed by atoms with Gasteiger partial charge < -0.3 is 15.3 Å². The standard InChI is InChI=1S/C17H21FN2O/c1-20(2)16(14-6-4-3-5-7-14)12-19-11-13-8-9-17(21)15(18)10-13/h3-10,16,19,21H,11-12H2,1-2H3. The van der Waals surface area contributed by atoms with E-state index in [0.717, 1.165) is 12.1 Å². The summed E-state index contributed by atoms with van der Waals surface area (Å²) in [5.41, 5.74) is 2.06. The Labute approximate surface area is 125 Å². The molecule has 2 aromatic carbocycles. The molecule has 4 heteroatoms. The fraction of sp³-hybridized carbons (Fsp3) is 0.294. The van der Waals surface area contributed by atoms with Gasteiger partial charge >= 0.3 is 0 Å². The van der Waals surface area contributed by atoms with Gasteiger partial charge in [0.1, 0.15) is 0 Å². The number of nitrogens with one attached hydrogen (secondary N) is 1. The van der Waals surface area contributed by atoms with Gasteiger partial charge in [0.25, 0.3) is 0 Å². The monoisotopic (exact) mass is 288 g/mol.